The Morgan fingerprint density at radius 2 is 2.17 bits per heavy atom. The number of carbonyl (C=O) groups is 1. The van der Waals surface area contributed by atoms with E-state index in [4.69, 9.17) is 5.73 Å². The number of nitrogens with two attached hydrogens (primary N) is 1. The molecule has 2 unspecified atom stereocenters. The van der Waals surface area contributed by atoms with E-state index in [0.29, 0.717) is 24.6 Å². The molecule has 5 nitrogen and oxygen atoms in total. The Hall–Kier alpha value is -0.880. The van der Waals surface area contributed by atoms with E-state index in [-0.39, 0.29) is 36.3 Å². The molecular formula is C17H30Cl2N4O. The zero-order valence-electron chi connectivity index (χ0n) is 14.7. The van der Waals surface area contributed by atoms with Gasteiger partial charge in [0.1, 0.15) is 0 Å². The van der Waals surface area contributed by atoms with Crippen molar-refractivity contribution in [2.75, 3.05) is 20.6 Å². The van der Waals surface area contributed by atoms with E-state index in [1.807, 2.05) is 0 Å². The first-order chi connectivity index (χ1) is 10.5. The van der Waals surface area contributed by atoms with Gasteiger partial charge in [0, 0.05) is 30.4 Å². The smallest absolute Gasteiger partial charge is 0.251 e. The number of carbonyl (C=O) groups excluding carboxylic acids is 1. The van der Waals surface area contributed by atoms with Gasteiger partial charge in [-0.3, -0.25) is 9.78 Å². The lowest BCUT2D eigenvalue weighted by atomic mass is 9.75. The zero-order valence-corrected chi connectivity index (χ0v) is 16.4. The summed E-state index contributed by atoms with van der Waals surface area (Å²) in [4.78, 5) is 18.8. The summed E-state index contributed by atoms with van der Waals surface area (Å²) in [7, 11) is 4.23. The summed E-state index contributed by atoms with van der Waals surface area (Å²) in [6.07, 6.45) is 6.41. The van der Waals surface area contributed by atoms with Gasteiger partial charge in [-0.15, -0.1) is 24.8 Å². The van der Waals surface area contributed by atoms with Crippen molar-refractivity contribution in [2.24, 2.45) is 11.7 Å². The molecule has 24 heavy (non-hydrogen) atoms. The van der Waals surface area contributed by atoms with Crippen molar-refractivity contribution in [1.82, 2.24) is 15.2 Å². The molecule has 2 rings (SSSR count). The van der Waals surface area contributed by atoms with Gasteiger partial charge in [-0.25, -0.2) is 0 Å². The van der Waals surface area contributed by atoms with Crippen molar-refractivity contribution in [3.63, 3.8) is 0 Å². The third kappa shape index (κ3) is 5.59. The highest BCUT2D eigenvalue weighted by Gasteiger charge is 2.37. The topological polar surface area (TPSA) is 71.2 Å². The van der Waals surface area contributed by atoms with E-state index < -0.39 is 0 Å². The van der Waals surface area contributed by atoms with Crippen LogP contribution in [0.15, 0.2) is 18.3 Å². The van der Waals surface area contributed by atoms with E-state index in [0.717, 1.165) is 18.5 Å². The number of likely N-dealkylation sites (N-methyl/N-ethyl adjacent to an activating group) is 1. The van der Waals surface area contributed by atoms with Crippen LogP contribution >= 0.6 is 24.8 Å². The van der Waals surface area contributed by atoms with Crippen LogP contribution < -0.4 is 11.1 Å². The molecule has 0 aliphatic heterocycles. The van der Waals surface area contributed by atoms with Crippen LogP contribution in [0.4, 0.5) is 0 Å². The van der Waals surface area contributed by atoms with Crippen LogP contribution in [-0.4, -0.2) is 42.0 Å². The Labute approximate surface area is 157 Å². The van der Waals surface area contributed by atoms with E-state index >= 15 is 0 Å². The number of hydrogen-bond donors (Lipinski definition) is 2. The Morgan fingerprint density at radius 3 is 2.75 bits per heavy atom. The van der Waals surface area contributed by atoms with Crippen LogP contribution in [0.3, 0.4) is 0 Å². The van der Waals surface area contributed by atoms with E-state index in [1.54, 1.807) is 18.3 Å². The SMILES string of the molecule is CC1CCCC(CNC(=O)c2ccnc(CN)c2)(N(C)C)C1.Cl.Cl. The summed E-state index contributed by atoms with van der Waals surface area (Å²) in [5, 5.41) is 3.11. The summed E-state index contributed by atoms with van der Waals surface area (Å²) in [6.45, 7) is 3.33. The third-order valence-electron chi connectivity index (χ3n) is 4.88. The second-order valence-electron chi connectivity index (χ2n) is 6.74. The van der Waals surface area contributed by atoms with Crippen LogP contribution in [0, 0.1) is 5.92 Å². The van der Waals surface area contributed by atoms with Crippen LogP contribution in [0.2, 0.25) is 0 Å². The van der Waals surface area contributed by atoms with Gasteiger partial charge in [-0.2, -0.15) is 0 Å². The highest BCUT2D eigenvalue weighted by Crippen LogP contribution is 2.35. The second-order valence-corrected chi connectivity index (χ2v) is 6.74. The summed E-state index contributed by atoms with van der Waals surface area (Å²) >= 11 is 0. The number of aromatic nitrogens is 1. The van der Waals surface area contributed by atoms with Gasteiger partial charge in [0.2, 0.25) is 0 Å². The summed E-state index contributed by atoms with van der Waals surface area (Å²) in [6, 6.07) is 3.50. The average Bonchev–Trinajstić information content (AvgIpc) is 2.52. The summed E-state index contributed by atoms with van der Waals surface area (Å²) in [5.41, 5.74) is 7.02. The fraction of sp³-hybridized carbons (Fsp3) is 0.647. The molecule has 1 amide bonds. The quantitative estimate of drug-likeness (QED) is 0.828. The number of rotatable bonds is 5. The molecule has 1 aliphatic carbocycles. The third-order valence-corrected chi connectivity index (χ3v) is 4.88. The Balaban J connectivity index is 0.00000264. The number of halogens is 2. The molecule has 1 fully saturated rings. The number of hydrogen-bond acceptors (Lipinski definition) is 4. The fourth-order valence-electron chi connectivity index (χ4n) is 3.44. The molecular weight excluding hydrogens is 347 g/mol. The van der Waals surface area contributed by atoms with Crippen molar-refractivity contribution in [3.05, 3.63) is 29.6 Å². The second kappa shape index (κ2) is 10.2. The van der Waals surface area contributed by atoms with Crippen LogP contribution in [-0.2, 0) is 6.54 Å². The Kier molecular flexibility index (Phi) is 9.81. The molecule has 2 atom stereocenters. The maximum atomic E-state index is 12.4. The molecule has 7 heteroatoms. The molecule has 1 heterocycles. The summed E-state index contributed by atoms with van der Waals surface area (Å²) < 4.78 is 0. The highest BCUT2D eigenvalue weighted by molar-refractivity contribution is 5.94. The minimum atomic E-state index is -0.0449. The van der Waals surface area contributed by atoms with Gasteiger partial charge in [0.05, 0.1) is 5.69 Å². The van der Waals surface area contributed by atoms with Crippen molar-refractivity contribution in [3.8, 4) is 0 Å². The lowest BCUT2D eigenvalue weighted by Crippen LogP contribution is -2.55. The van der Waals surface area contributed by atoms with Crippen molar-refractivity contribution in [2.45, 2.75) is 44.7 Å². The van der Waals surface area contributed by atoms with Gasteiger partial charge in [-0.05, 0) is 45.0 Å². The minimum absolute atomic E-state index is 0. The van der Waals surface area contributed by atoms with Gasteiger partial charge in [-0.1, -0.05) is 19.8 Å². The first-order valence-corrected chi connectivity index (χ1v) is 8.07. The summed E-state index contributed by atoms with van der Waals surface area (Å²) in [5.74, 6) is 0.661. The Morgan fingerprint density at radius 1 is 1.46 bits per heavy atom. The lowest BCUT2D eigenvalue weighted by molar-refractivity contribution is 0.0675. The average molecular weight is 377 g/mol. The molecule has 3 N–H and O–H groups in total. The maximum absolute atomic E-state index is 12.4. The zero-order chi connectivity index (χ0) is 16.2. The number of nitrogens with zero attached hydrogens (tertiary/aromatic N) is 2. The first kappa shape index (κ1) is 23.1. The number of pyridine rings is 1. The molecule has 0 aromatic carbocycles. The normalized spacial score (nSPS) is 23.1. The van der Waals surface area contributed by atoms with Crippen molar-refractivity contribution in [1.29, 1.82) is 0 Å². The molecule has 1 aromatic rings. The number of nitrogens with one attached hydrogen (secondary N) is 1. The van der Waals surface area contributed by atoms with E-state index in [2.05, 4.69) is 36.2 Å². The van der Waals surface area contributed by atoms with Crippen molar-refractivity contribution >= 4 is 30.7 Å². The monoisotopic (exact) mass is 376 g/mol. The molecule has 1 aromatic heterocycles. The standard InChI is InChI=1S/C17H28N4O.2ClH/c1-13-5-4-7-17(10-13,21(2)3)12-20-16(22)14-6-8-19-15(9-14)11-18;;/h6,8-9,13H,4-5,7,10-12,18H2,1-3H3,(H,20,22);2*1H. The molecule has 0 saturated heterocycles. The molecule has 1 saturated carbocycles. The predicted octanol–water partition coefficient (Wildman–Crippen LogP) is 2.62. The van der Waals surface area contributed by atoms with Gasteiger partial charge < -0.3 is 16.0 Å². The van der Waals surface area contributed by atoms with Crippen LogP contribution in [0.5, 0.6) is 0 Å². The lowest BCUT2D eigenvalue weighted by Gasteiger charge is -2.45. The van der Waals surface area contributed by atoms with E-state index in [1.165, 1.54) is 12.8 Å². The molecule has 1 aliphatic rings. The van der Waals surface area contributed by atoms with Crippen LogP contribution in [0.25, 0.3) is 0 Å². The Bertz CT molecular complexity index is 527. The first-order valence-electron chi connectivity index (χ1n) is 8.07. The largest absolute Gasteiger partial charge is 0.350 e. The predicted molar refractivity (Wildman–Crippen MR) is 103 cm³/mol. The fourth-order valence-corrected chi connectivity index (χ4v) is 3.44. The van der Waals surface area contributed by atoms with E-state index in [9.17, 15) is 4.79 Å². The van der Waals surface area contributed by atoms with Gasteiger partial charge in [0.15, 0.2) is 0 Å². The molecule has 0 radical (unpaired) electrons. The van der Waals surface area contributed by atoms with Crippen LogP contribution in [0.1, 0.15) is 48.7 Å². The van der Waals surface area contributed by atoms with Gasteiger partial charge >= 0.3 is 0 Å². The molecule has 0 spiro atoms. The van der Waals surface area contributed by atoms with Gasteiger partial charge in [0.25, 0.3) is 5.91 Å². The molecule has 138 valence electrons. The molecule has 0 bridgehead atoms. The maximum Gasteiger partial charge on any atom is 0.251 e. The minimum Gasteiger partial charge on any atom is -0.350 e. The number of amides is 1. The highest BCUT2D eigenvalue weighted by atomic mass is 35.5. The van der Waals surface area contributed by atoms with Crippen molar-refractivity contribution < 1.29 is 4.79 Å².